The number of benzene rings is 1. The first-order valence-corrected chi connectivity index (χ1v) is 4.69. The lowest BCUT2D eigenvalue weighted by Gasteiger charge is -2.04. The Labute approximate surface area is 93.5 Å². The van der Waals surface area contributed by atoms with Crippen LogP contribution in [-0.4, -0.2) is 18.9 Å². The first-order chi connectivity index (χ1) is 7.58. The average Bonchev–Trinajstić information content (AvgIpc) is 2.27. The molecule has 0 N–H and O–H groups in total. The maximum Gasteiger partial charge on any atom is 0.337 e. The summed E-state index contributed by atoms with van der Waals surface area (Å²) in [5.41, 5.74) is 1.27. The Hall–Kier alpha value is -2.15. The van der Waals surface area contributed by atoms with Gasteiger partial charge in [-0.1, -0.05) is 6.07 Å². The zero-order valence-electron chi connectivity index (χ0n) is 9.11. The zero-order chi connectivity index (χ0) is 12.1. The number of rotatable bonds is 3. The number of ether oxygens (including phenoxy) is 1. The number of carbonyl (C=O) groups excluding carboxylic acids is 2. The van der Waals surface area contributed by atoms with Gasteiger partial charge in [-0.15, -0.1) is 0 Å². The van der Waals surface area contributed by atoms with Crippen LogP contribution in [0.1, 0.15) is 28.4 Å². The van der Waals surface area contributed by atoms with E-state index in [1.54, 1.807) is 12.1 Å². The van der Waals surface area contributed by atoms with E-state index in [9.17, 15) is 9.59 Å². The SMILES string of the molecule is COC(=O)c1ccc(CC(C)=O)c(C#N)c1. The fourth-order valence-corrected chi connectivity index (χ4v) is 1.35. The molecular formula is C12H11NO3. The van der Waals surface area contributed by atoms with E-state index >= 15 is 0 Å². The molecular weight excluding hydrogens is 206 g/mol. The van der Waals surface area contributed by atoms with E-state index in [-0.39, 0.29) is 12.2 Å². The van der Waals surface area contributed by atoms with Crippen molar-refractivity contribution in [2.24, 2.45) is 0 Å². The van der Waals surface area contributed by atoms with Gasteiger partial charge in [-0.2, -0.15) is 5.26 Å². The van der Waals surface area contributed by atoms with Crippen LogP contribution in [0.15, 0.2) is 18.2 Å². The molecule has 1 aromatic rings. The Balaban J connectivity index is 3.12. The first-order valence-electron chi connectivity index (χ1n) is 4.69. The lowest BCUT2D eigenvalue weighted by molar-refractivity contribution is -0.116. The van der Waals surface area contributed by atoms with Crippen LogP contribution >= 0.6 is 0 Å². The second-order valence-electron chi connectivity index (χ2n) is 3.35. The van der Waals surface area contributed by atoms with Crippen LogP contribution in [0.25, 0.3) is 0 Å². The smallest absolute Gasteiger partial charge is 0.337 e. The summed E-state index contributed by atoms with van der Waals surface area (Å²) in [7, 11) is 1.28. The topological polar surface area (TPSA) is 67.2 Å². The molecule has 16 heavy (non-hydrogen) atoms. The fraction of sp³-hybridized carbons (Fsp3) is 0.250. The summed E-state index contributed by atoms with van der Waals surface area (Å²) >= 11 is 0. The first kappa shape index (κ1) is 11.9. The van der Waals surface area contributed by atoms with Crippen molar-refractivity contribution in [2.75, 3.05) is 7.11 Å². The van der Waals surface area contributed by atoms with Gasteiger partial charge in [0.1, 0.15) is 5.78 Å². The van der Waals surface area contributed by atoms with Crippen LogP contribution in [0, 0.1) is 11.3 Å². The Morgan fingerprint density at radius 2 is 2.12 bits per heavy atom. The van der Waals surface area contributed by atoms with Crippen molar-refractivity contribution >= 4 is 11.8 Å². The molecule has 0 heterocycles. The highest BCUT2D eigenvalue weighted by Gasteiger charge is 2.10. The minimum atomic E-state index is -0.495. The fourth-order valence-electron chi connectivity index (χ4n) is 1.35. The van der Waals surface area contributed by atoms with Crippen LogP contribution < -0.4 is 0 Å². The van der Waals surface area contributed by atoms with Gasteiger partial charge in [0.15, 0.2) is 0 Å². The molecule has 0 saturated carbocycles. The third kappa shape index (κ3) is 2.67. The Morgan fingerprint density at radius 1 is 1.44 bits per heavy atom. The van der Waals surface area contributed by atoms with E-state index in [0.29, 0.717) is 16.7 Å². The van der Waals surface area contributed by atoms with E-state index in [2.05, 4.69) is 4.74 Å². The predicted molar refractivity (Wildman–Crippen MR) is 56.9 cm³/mol. The van der Waals surface area contributed by atoms with Crippen LogP contribution in [0.3, 0.4) is 0 Å². The highest BCUT2D eigenvalue weighted by atomic mass is 16.5. The van der Waals surface area contributed by atoms with Gasteiger partial charge in [-0.3, -0.25) is 4.79 Å². The molecule has 4 heteroatoms. The molecule has 0 aromatic heterocycles. The van der Waals surface area contributed by atoms with Crippen LogP contribution in [0.4, 0.5) is 0 Å². The van der Waals surface area contributed by atoms with Gasteiger partial charge in [0.25, 0.3) is 0 Å². The number of methoxy groups -OCH3 is 1. The van der Waals surface area contributed by atoms with Gasteiger partial charge in [-0.05, 0) is 24.6 Å². The molecule has 0 amide bonds. The standard InChI is InChI=1S/C12H11NO3/c1-8(14)5-9-3-4-10(12(15)16-2)6-11(9)7-13/h3-4,6H,5H2,1-2H3. The minimum absolute atomic E-state index is 0.0256. The predicted octanol–water partition coefficient (Wildman–Crippen LogP) is 1.48. The lowest BCUT2D eigenvalue weighted by Crippen LogP contribution is -2.04. The van der Waals surface area contributed by atoms with E-state index in [4.69, 9.17) is 5.26 Å². The normalized spacial score (nSPS) is 9.31. The lowest BCUT2D eigenvalue weighted by atomic mass is 10.0. The number of hydrogen-bond acceptors (Lipinski definition) is 4. The van der Waals surface area contributed by atoms with Crippen molar-refractivity contribution in [3.63, 3.8) is 0 Å². The van der Waals surface area contributed by atoms with Crippen molar-refractivity contribution in [2.45, 2.75) is 13.3 Å². The molecule has 0 bridgehead atoms. The highest BCUT2D eigenvalue weighted by molar-refractivity contribution is 5.90. The molecule has 0 atom stereocenters. The minimum Gasteiger partial charge on any atom is -0.465 e. The number of nitrogens with zero attached hydrogens (tertiary/aromatic N) is 1. The third-order valence-corrected chi connectivity index (χ3v) is 2.09. The van der Waals surface area contributed by atoms with Crippen LogP contribution in [0.2, 0.25) is 0 Å². The van der Waals surface area contributed by atoms with Gasteiger partial charge in [-0.25, -0.2) is 4.79 Å². The number of carbonyl (C=O) groups is 2. The quantitative estimate of drug-likeness (QED) is 0.719. The van der Waals surface area contributed by atoms with Gasteiger partial charge >= 0.3 is 5.97 Å². The summed E-state index contributed by atoms with van der Waals surface area (Å²) in [4.78, 5) is 22.2. The number of nitriles is 1. The summed E-state index contributed by atoms with van der Waals surface area (Å²) < 4.78 is 4.54. The van der Waals surface area contributed by atoms with E-state index in [0.717, 1.165) is 0 Å². The van der Waals surface area contributed by atoms with Crippen molar-refractivity contribution in [3.8, 4) is 6.07 Å². The summed E-state index contributed by atoms with van der Waals surface area (Å²) in [6, 6.07) is 6.54. The van der Waals surface area contributed by atoms with E-state index < -0.39 is 5.97 Å². The highest BCUT2D eigenvalue weighted by Crippen LogP contribution is 2.13. The molecule has 0 saturated heterocycles. The monoisotopic (exact) mass is 217 g/mol. The van der Waals surface area contributed by atoms with Crippen LogP contribution in [0.5, 0.6) is 0 Å². The number of hydrogen-bond donors (Lipinski definition) is 0. The van der Waals surface area contributed by atoms with Crippen LogP contribution in [-0.2, 0) is 16.0 Å². The largest absolute Gasteiger partial charge is 0.465 e. The van der Waals surface area contributed by atoms with Crippen molar-refractivity contribution < 1.29 is 14.3 Å². The summed E-state index contributed by atoms with van der Waals surface area (Å²) in [5.74, 6) is -0.520. The van der Waals surface area contributed by atoms with E-state index in [1.165, 1.54) is 20.1 Å². The average molecular weight is 217 g/mol. The summed E-state index contributed by atoms with van der Waals surface area (Å²) in [6.07, 6.45) is 0.199. The molecule has 0 aliphatic heterocycles. The van der Waals surface area contributed by atoms with Gasteiger partial charge in [0.2, 0.25) is 0 Å². The molecule has 0 spiro atoms. The second kappa shape index (κ2) is 5.08. The molecule has 4 nitrogen and oxygen atoms in total. The third-order valence-electron chi connectivity index (χ3n) is 2.09. The maximum absolute atomic E-state index is 11.2. The molecule has 82 valence electrons. The van der Waals surface area contributed by atoms with Crippen molar-refractivity contribution in [1.29, 1.82) is 5.26 Å². The molecule has 0 aliphatic carbocycles. The molecule has 0 unspecified atom stereocenters. The van der Waals surface area contributed by atoms with Gasteiger partial charge in [0.05, 0.1) is 24.3 Å². The second-order valence-corrected chi connectivity index (χ2v) is 3.35. The molecule has 1 aromatic carbocycles. The van der Waals surface area contributed by atoms with Gasteiger partial charge < -0.3 is 4.74 Å². The molecule has 0 aliphatic rings. The molecule has 0 fully saturated rings. The Kier molecular flexibility index (Phi) is 3.78. The summed E-state index contributed by atoms with van der Waals surface area (Å²) in [6.45, 7) is 1.45. The Morgan fingerprint density at radius 3 is 2.62 bits per heavy atom. The molecule has 0 radical (unpaired) electrons. The molecule has 1 rings (SSSR count). The van der Waals surface area contributed by atoms with E-state index in [1.807, 2.05) is 6.07 Å². The number of esters is 1. The van der Waals surface area contributed by atoms with Crippen molar-refractivity contribution in [1.82, 2.24) is 0 Å². The Bertz CT molecular complexity index is 472. The van der Waals surface area contributed by atoms with Crippen molar-refractivity contribution in [3.05, 3.63) is 34.9 Å². The summed E-state index contributed by atoms with van der Waals surface area (Å²) in [5, 5.41) is 8.90. The maximum atomic E-state index is 11.2. The van der Waals surface area contributed by atoms with Gasteiger partial charge in [0, 0.05) is 6.42 Å². The number of ketones is 1. The zero-order valence-corrected chi connectivity index (χ0v) is 9.11. The number of Topliss-reactive ketones (excluding diaryl/α,β-unsaturated/α-hetero) is 1.